The second-order valence-electron chi connectivity index (χ2n) is 6.19. The summed E-state index contributed by atoms with van der Waals surface area (Å²) in [6.07, 6.45) is 1.99. The minimum atomic E-state index is -0.912. The number of hydrogen-bond donors (Lipinski definition) is 1. The number of carbonyl (C=O) groups excluding carboxylic acids is 2. The van der Waals surface area contributed by atoms with Crippen molar-refractivity contribution in [1.82, 2.24) is 0 Å². The number of rotatable bonds is 7. The fraction of sp³-hybridized carbons (Fsp3) is 0.273. The summed E-state index contributed by atoms with van der Waals surface area (Å²) < 4.78 is 10.7. The Hall–Kier alpha value is -3.08. The number of para-hydroxylation sites is 1. The van der Waals surface area contributed by atoms with Crippen molar-refractivity contribution < 1.29 is 19.1 Å². The minimum Gasteiger partial charge on any atom is -0.493 e. The Balaban J connectivity index is 1.95. The number of esters is 1. The summed E-state index contributed by atoms with van der Waals surface area (Å²) >= 11 is 0. The van der Waals surface area contributed by atoms with Crippen molar-refractivity contribution in [2.24, 2.45) is 0 Å². The SMILES string of the molecule is CCOc1ccccc1/C=C/C(=O)OC(C)C(=O)Nc1ccc(C)cc1C. The van der Waals surface area contributed by atoms with E-state index in [-0.39, 0.29) is 5.91 Å². The van der Waals surface area contributed by atoms with Gasteiger partial charge in [0.15, 0.2) is 6.10 Å². The van der Waals surface area contributed by atoms with Crippen LogP contribution >= 0.6 is 0 Å². The van der Waals surface area contributed by atoms with Crippen molar-refractivity contribution in [3.63, 3.8) is 0 Å². The van der Waals surface area contributed by atoms with E-state index in [9.17, 15) is 9.59 Å². The van der Waals surface area contributed by atoms with Crippen LogP contribution in [0.4, 0.5) is 5.69 Å². The molecule has 5 heteroatoms. The maximum atomic E-state index is 12.3. The molecule has 0 spiro atoms. The van der Waals surface area contributed by atoms with Crippen molar-refractivity contribution in [3.8, 4) is 5.75 Å². The van der Waals surface area contributed by atoms with Gasteiger partial charge < -0.3 is 14.8 Å². The van der Waals surface area contributed by atoms with E-state index < -0.39 is 12.1 Å². The van der Waals surface area contributed by atoms with Gasteiger partial charge in [0.1, 0.15) is 5.75 Å². The molecule has 142 valence electrons. The first-order chi connectivity index (χ1) is 12.9. The van der Waals surface area contributed by atoms with Gasteiger partial charge in [-0.05, 0) is 51.5 Å². The molecule has 0 aliphatic carbocycles. The molecule has 0 radical (unpaired) electrons. The molecule has 0 saturated heterocycles. The molecule has 1 unspecified atom stereocenters. The van der Waals surface area contributed by atoms with Crippen LogP contribution in [-0.4, -0.2) is 24.6 Å². The Morgan fingerprint density at radius 2 is 1.89 bits per heavy atom. The molecule has 0 saturated carbocycles. The zero-order chi connectivity index (χ0) is 19.8. The van der Waals surface area contributed by atoms with E-state index >= 15 is 0 Å². The number of benzene rings is 2. The first-order valence-corrected chi connectivity index (χ1v) is 8.89. The molecule has 2 aromatic carbocycles. The summed E-state index contributed by atoms with van der Waals surface area (Å²) in [5.41, 5.74) is 3.54. The average Bonchev–Trinajstić information content (AvgIpc) is 2.63. The molecule has 1 amide bonds. The summed E-state index contributed by atoms with van der Waals surface area (Å²) in [4.78, 5) is 24.3. The lowest BCUT2D eigenvalue weighted by Gasteiger charge is -2.14. The minimum absolute atomic E-state index is 0.376. The maximum Gasteiger partial charge on any atom is 0.331 e. The third kappa shape index (κ3) is 5.99. The van der Waals surface area contributed by atoms with Crippen LogP contribution in [0.25, 0.3) is 6.08 Å². The molecular weight excluding hydrogens is 342 g/mol. The van der Waals surface area contributed by atoms with E-state index in [4.69, 9.17) is 9.47 Å². The molecule has 0 aliphatic heterocycles. The third-order valence-corrected chi connectivity index (χ3v) is 3.92. The van der Waals surface area contributed by atoms with Gasteiger partial charge in [0, 0.05) is 17.3 Å². The number of aryl methyl sites for hydroxylation is 2. The third-order valence-electron chi connectivity index (χ3n) is 3.92. The predicted octanol–water partition coefficient (Wildman–Crippen LogP) is 4.29. The highest BCUT2D eigenvalue weighted by Crippen LogP contribution is 2.19. The van der Waals surface area contributed by atoms with E-state index in [0.29, 0.717) is 18.0 Å². The number of anilines is 1. The molecule has 2 aromatic rings. The van der Waals surface area contributed by atoms with Crippen molar-refractivity contribution in [2.45, 2.75) is 33.8 Å². The smallest absolute Gasteiger partial charge is 0.331 e. The second-order valence-corrected chi connectivity index (χ2v) is 6.19. The number of carbonyl (C=O) groups is 2. The summed E-state index contributed by atoms with van der Waals surface area (Å²) in [5, 5.41) is 2.78. The van der Waals surface area contributed by atoms with Crippen molar-refractivity contribution >= 4 is 23.6 Å². The Morgan fingerprint density at radius 3 is 2.59 bits per heavy atom. The molecule has 1 N–H and O–H groups in total. The van der Waals surface area contributed by atoms with E-state index in [2.05, 4.69) is 5.32 Å². The Morgan fingerprint density at radius 1 is 1.15 bits per heavy atom. The number of amides is 1. The molecule has 0 heterocycles. The fourth-order valence-electron chi connectivity index (χ4n) is 2.52. The molecule has 1 atom stereocenters. The largest absolute Gasteiger partial charge is 0.493 e. The lowest BCUT2D eigenvalue weighted by Crippen LogP contribution is -2.29. The molecule has 27 heavy (non-hydrogen) atoms. The topological polar surface area (TPSA) is 64.6 Å². The predicted molar refractivity (Wildman–Crippen MR) is 107 cm³/mol. The lowest BCUT2D eigenvalue weighted by molar-refractivity contribution is -0.148. The molecule has 5 nitrogen and oxygen atoms in total. The normalized spacial score (nSPS) is 11.9. The van der Waals surface area contributed by atoms with Gasteiger partial charge in [0.2, 0.25) is 0 Å². The second kappa shape index (κ2) is 9.57. The van der Waals surface area contributed by atoms with Gasteiger partial charge in [-0.15, -0.1) is 0 Å². The summed E-state index contributed by atoms with van der Waals surface area (Å²) in [6.45, 7) is 7.87. The first-order valence-electron chi connectivity index (χ1n) is 8.89. The molecule has 0 aromatic heterocycles. The summed E-state index contributed by atoms with van der Waals surface area (Å²) in [5.74, 6) is -0.285. The van der Waals surface area contributed by atoms with Gasteiger partial charge in [0.25, 0.3) is 5.91 Å². The van der Waals surface area contributed by atoms with E-state index in [0.717, 1.165) is 16.7 Å². The standard InChI is InChI=1S/C22H25NO4/c1-5-26-20-9-7-6-8-18(20)11-13-21(24)27-17(4)22(25)23-19-12-10-15(2)14-16(19)3/h6-14,17H,5H2,1-4H3,(H,23,25)/b13-11+. The van der Waals surface area contributed by atoms with Crippen molar-refractivity contribution in [3.05, 3.63) is 65.2 Å². The highest BCUT2D eigenvalue weighted by molar-refractivity contribution is 5.97. The van der Waals surface area contributed by atoms with Crippen LogP contribution in [0.3, 0.4) is 0 Å². The van der Waals surface area contributed by atoms with E-state index in [1.165, 1.54) is 6.08 Å². The molecule has 0 fully saturated rings. The van der Waals surface area contributed by atoms with Gasteiger partial charge in [-0.1, -0.05) is 35.9 Å². The first kappa shape index (κ1) is 20.2. The molecule has 0 aliphatic rings. The van der Waals surface area contributed by atoms with Crippen molar-refractivity contribution in [2.75, 3.05) is 11.9 Å². The number of hydrogen-bond acceptors (Lipinski definition) is 4. The highest BCUT2D eigenvalue weighted by Gasteiger charge is 2.17. The Kier molecular flexibility index (Phi) is 7.17. The Bertz CT molecular complexity index is 842. The quantitative estimate of drug-likeness (QED) is 0.586. The van der Waals surface area contributed by atoms with Gasteiger partial charge in [0.05, 0.1) is 6.61 Å². The zero-order valence-corrected chi connectivity index (χ0v) is 16.1. The monoisotopic (exact) mass is 367 g/mol. The van der Waals surface area contributed by atoms with Crippen LogP contribution in [0, 0.1) is 13.8 Å². The van der Waals surface area contributed by atoms with Crippen molar-refractivity contribution in [1.29, 1.82) is 0 Å². The summed E-state index contributed by atoms with van der Waals surface area (Å²) in [7, 11) is 0. The van der Waals surface area contributed by atoms with Gasteiger partial charge in [-0.3, -0.25) is 4.79 Å². The Labute approximate surface area is 160 Å². The van der Waals surface area contributed by atoms with Crippen LogP contribution in [0.1, 0.15) is 30.5 Å². The van der Waals surface area contributed by atoms with Gasteiger partial charge >= 0.3 is 5.97 Å². The van der Waals surface area contributed by atoms with Crippen LogP contribution < -0.4 is 10.1 Å². The molecule has 0 bridgehead atoms. The number of ether oxygens (including phenoxy) is 2. The maximum absolute atomic E-state index is 12.3. The fourth-order valence-corrected chi connectivity index (χ4v) is 2.52. The van der Waals surface area contributed by atoms with Crippen LogP contribution in [0.15, 0.2) is 48.5 Å². The lowest BCUT2D eigenvalue weighted by atomic mass is 10.1. The highest BCUT2D eigenvalue weighted by atomic mass is 16.5. The van der Waals surface area contributed by atoms with E-state index in [1.54, 1.807) is 13.0 Å². The summed E-state index contributed by atoms with van der Waals surface area (Å²) in [6, 6.07) is 13.1. The van der Waals surface area contributed by atoms with Gasteiger partial charge in [-0.2, -0.15) is 0 Å². The number of nitrogens with one attached hydrogen (secondary N) is 1. The van der Waals surface area contributed by atoms with Crippen LogP contribution in [0.2, 0.25) is 0 Å². The molecular formula is C22H25NO4. The zero-order valence-electron chi connectivity index (χ0n) is 16.1. The van der Waals surface area contributed by atoms with Gasteiger partial charge in [-0.25, -0.2) is 4.79 Å². The van der Waals surface area contributed by atoms with Crippen LogP contribution in [-0.2, 0) is 14.3 Å². The van der Waals surface area contributed by atoms with E-state index in [1.807, 2.05) is 63.2 Å². The van der Waals surface area contributed by atoms with Crippen LogP contribution in [0.5, 0.6) is 5.75 Å². The molecule has 2 rings (SSSR count). The average molecular weight is 367 g/mol.